The first-order valence-corrected chi connectivity index (χ1v) is 5.25. The normalized spacial score (nSPS) is 23.8. The molecule has 14 heavy (non-hydrogen) atoms. The van der Waals surface area contributed by atoms with Crippen molar-refractivity contribution < 1.29 is 9.47 Å². The number of hydrogen-bond donors (Lipinski definition) is 0. The number of fused-ring (bicyclic) bond motifs is 1. The SMILES string of the molecule is COC1(OC)C=C2CCN=C2C=C1Br. The van der Waals surface area contributed by atoms with E-state index in [4.69, 9.17) is 9.47 Å². The number of ether oxygens (including phenoxy) is 2. The summed E-state index contributed by atoms with van der Waals surface area (Å²) in [5.74, 6) is -0.751. The number of rotatable bonds is 2. The maximum absolute atomic E-state index is 5.38. The highest BCUT2D eigenvalue weighted by molar-refractivity contribution is 9.11. The fourth-order valence-corrected chi connectivity index (χ4v) is 2.38. The lowest BCUT2D eigenvalue weighted by Gasteiger charge is -2.30. The molecule has 1 aliphatic carbocycles. The molecule has 0 amide bonds. The molecule has 0 aromatic heterocycles. The molecule has 0 saturated heterocycles. The summed E-state index contributed by atoms with van der Waals surface area (Å²) in [7, 11) is 3.26. The molecule has 0 N–H and O–H groups in total. The summed E-state index contributed by atoms with van der Waals surface area (Å²) in [6, 6.07) is 0. The number of methoxy groups -OCH3 is 2. The highest BCUT2D eigenvalue weighted by Gasteiger charge is 2.36. The smallest absolute Gasteiger partial charge is 0.222 e. The van der Waals surface area contributed by atoms with Gasteiger partial charge in [0, 0.05) is 20.8 Å². The van der Waals surface area contributed by atoms with Crippen molar-refractivity contribution in [3.05, 3.63) is 22.2 Å². The van der Waals surface area contributed by atoms with Gasteiger partial charge in [0.1, 0.15) is 0 Å². The van der Waals surface area contributed by atoms with Crippen LogP contribution in [0, 0.1) is 0 Å². The van der Waals surface area contributed by atoms with Gasteiger partial charge in [-0.2, -0.15) is 0 Å². The lowest BCUT2D eigenvalue weighted by Crippen LogP contribution is -2.35. The van der Waals surface area contributed by atoms with Gasteiger partial charge in [-0.05, 0) is 40.1 Å². The quantitative estimate of drug-likeness (QED) is 0.709. The Labute approximate surface area is 91.6 Å². The molecule has 2 rings (SSSR count). The molecule has 0 spiro atoms. The first kappa shape index (κ1) is 10.1. The highest BCUT2D eigenvalue weighted by Crippen LogP contribution is 2.36. The number of hydrogen-bond acceptors (Lipinski definition) is 3. The van der Waals surface area contributed by atoms with E-state index in [0.717, 1.165) is 23.2 Å². The van der Waals surface area contributed by atoms with Crippen LogP contribution in [0.1, 0.15) is 6.42 Å². The van der Waals surface area contributed by atoms with Crippen LogP contribution in [-0.4, -0.2) is 32.3 Å². The van der Waals surface area contributed by atoms with Crippen LogP contribution in [0.5, 0.6) is 0 Å². The lowest BCUT2D eigenvalue weighted by molar-refractivity contribution is -0.136. The Morgan fingerprint density at radius 3 is 2.79 bits per heavy atom. The van der Waals surface area contributed by atoms with Gasteiger partial charge in [-0.15, -0.1) is 0 Å². The second-order valence-electron chi connectivity index (χ2n) is 3.25. The summed E-state index contributed by atoms with van der Waals surface area (Å²) >= 11 is 3.45. The summed E-state index contributed by atoms with van der Waals surface area (Å²) in [6.45, 7) is 0.863. The molecule has 4 heteroatoms. The Bertz CT molecular complexity index is 340. The van der Waals surface area contributed by atoms with E-state index in [1.807, 2.05) is 12.2 Å². The molecule has 0 bridgehead atoms. The summed E-state index contributed by atoms with van der Waals surface area (Å²) in [6.07, 6.45) is 4.93. The molecule has 0 unspecified atom stereocenters. The fourth-order valence-electron chi connectivity index (χ4n) is 1.73. The molecule has 0 aromatic rings. The molecule has 0 atom stereocenters. The largest absolute Gasteiger partial charge is 0.346 e. The van der Waals surface area contributed by atoms with E-state index in [1.54, 1.807) is 14.2 Å². The van der Waals surface area contributed by atoms with E-state index >= 15 is 0 Å². The van der Waals surface area contributed by atoms with Crippen molar-refractivity contribution in [2.75, 3.05) is 20.8 Å². The average molecular weight is 258 g/mol. The molecule has 0 radical (unpaired) electrons. The van der Waals surface area contributed by atoms with E-state index in [0.29, 0.717) is 0 Å². The molecule has 2 aliphatic rings. The summed E-state index contributed by atoms with van der Waals surface area (Å²) in [5.41, 5.74) is 2.25. The van der Waals surface area contributed by atoms with Crippen LogP contribution in [0.25, 0.3) is 0 Å². The average Bonchev–Trinajstić information content (AvgIpc) is 2.63. The molecule has 3 nitrogen and oxygen atoms in total. The van der Waals surface area contributed by atoms with E-state index in [9.17, 15) is 0 Å². The topological polar surface area (TPSA) is 30.8 Å². The van der Waals surface area contributed by atoms with Gasteiger partial charge in [-0.1, -0.05) is 0 Å². The van der Waals surface area contributed by atoms with Crippen LogP contribution in [0.3, 0.4) is 0 Å². The van der Waals surface area contributed by atoms with Crippen molar-refractivity contribution in [3.8, 4) is 0 Å². The molecule has 0 aromatic carbocycles. The van der Waals surface area contributed by atoms with Crippen LogP contribution in [-0.2, 0) is 9.47 Å². The minimum atomic E-state index is -0.751. The lowest BCUT2D eigenvalue weighted by atomic mass is 9.99. The standard InChI is InChI=1S/C10H12BrNO2/c1-13-10(14-2)6-7-3-4-12-8(7)5-9(10)11/h5-6H,3-4H2,1-2H3. The summed E-state index contributed by atoms with van der Waals surface area (Å²) < 4.78 is 11.6. The maximum Gasteiger partial charge on any atom is 0.222 e. The zero-order chi connectivity index (χ0) is 10.2. The van der Waals surface area contributed by atoms with Crippen LogP contribution >= 0.6 is 15.9 Å². The Morgan fingerprint density at radius 2 is 2.14 bits per heavy atom. The first-order valence-electron chi connectivity index (χ1n) is 4.46. The Kier molecular flexibility index (Phi) is 2.60. The Hall–Kier alpha value is -0.450. The maximum atomic E-state index is 5.38. The van der Waals surface area contributed by atoms with Crippen molar-refractivity contribution in [3.63, 3.8) is 0 Å². The van der Waals surface area contributed by atoms with E-state index in [1.165, 1.54) is 5.57 Å². The molecule has 76 valence electrons. The van der Waals surface area contributed by atoms with E-state index in [2.05, 4.69) is 20.9 Å². The third-order valence-electron chi connectivity index (χ3n) is 2.56. The number of halogens is 1. The number of allylic oxidation sites excluding steroid dienone is 1. The summed E-state index contributed by atoms with van der Waals surface area (Å²) in [4.78, 5) is 4.37. The molecule has 0 fully saturated rings. The van der Waals surface area contributed by atoms with Crippen molar-refractivity contribution in [1.82, 2.24) is 0 Å². The highest BCUT2D eigenvalue weighted by atomic mass is 79.9. The fraction of sp³-hybridized carbons (Fsp3) is 0.500. The van der Waals surface area contributed by atoms with Gasteiger partial charge in [-0.25, -0.2) is 0 Å². The first-order chi connectivity index (χ1) is 6.72. The van der Waals surface area contributed by atoms with Crippen molar-refractivity contribution >= 4 is 21.6 Å². The van der Waals surface area contributed by atoms with Crippen molar-refractivity contribution in [2.45, 2.75) is 12.2 Å². The predicted molar refractivity (Wildman–Crippen MR) is 58.8 cm³/mol. The van der Waals surface area contributed by atoms with Crippen LogP contribution in [0.2, 0.25) is 0 Å². The van der Waals surface area contributed by atoms with E-state index < -0.39 is 5.79 Å². The minimum absolute atomic E-state index is 0.751. The predicted octanol–water partition coefficient (Wildman–Crippen LogP) is 2.04. The van der Waals surface area contributed by atoms with Gasteiger partial charge in [-0.3, -0.25) is 4.99 Å². The molecule has 1 heterocycles. The van der Waals surface area contributed by atoms with Gasteiger partial charge in [0.25, 0.3) is 0 Å². The second kappa shape index (κ2) is 3.61. The van der Waals surface area contributed by atoms with Gasteiger partial charge < -0.3 is 9.47 Å². The molecular weight excluding hydrogens is 246 g/mol. The Balaban J connectivity index is 2.43. The third-order valence-corrected chi connectivity index (χ3v) is 3.34. The summed E-state index contributed by atoms with van der Waals surface area (Å²) in [5, 5.41) is 0. The number of nitrogens with zero attached hydrogens (tertiary/aromatic N) is 1. The number of aliphatic imine (C=N–C) groups is 1. The zero-order valence-electron chi connectivity index (χ0n) is 8.21. The third kappa shape index (κ3) is 1.38. The van der Waals surface area contributed by atoms with Gasteiger partial charge in [0.15, 0.2) is 0 Å². The van der Waals surface area contributed by atoms with Crippen LogP contribution in [0.15, 0.2) is 27.2 Å². The Morgan fingerprint density at radius 1 is 1.43 bits per heavy atom. The molecule has 1 aliphatic heterocycles. The minimum Gasteiger partial charge on any atom is -0.346 e. The monoisotopic (exact) mass is 257 g/mol. The molecular formula is C10H12BrNO2. The molecule has 0 saturated carbocycles. The van der Waals surface area contributed by atoms with Gasteiger partial charge in [0.05, 0.1) is 10.2 Å². The van der Waals surface area contributed by atoms with Crippen LogP contribution in [0.4, 0.5) is 0 Å². The van der Waals surface area contributed by atoms with Crippen LogP contribution < -0.4 is 0 Å². The zero-order valence-corrected chi connectivity index (χ0v) is 9.80. The van der Waals surface area contributed by atoms with Crippen molar-refractivity contribution in [1.29, 1.82) is 0 Å². The van der Waals surface area contributed by atoms with Gasteiger partial charge >= 0.3 is 0 Å². The van der Waals surface area contributed by atoms with Crippen molar-refractivity contribution in [2.24, 2.45) is 4.99 Å². The van der Waals surface area contributed by atoms with E-state index in [-0.39, 0.29) is 0 Å². The van der Waals surface area contributed by atoms with Gasteiger partial charge in [0.2, 0.25) is 5.79 Å². The second-order valence-corrected chi connectivity index (χ2v) is 4.11.